The van der Waals surface area contributed by atoms with Crippen LogP contribution in [0.1, 0.15) is 20.3 Å². The summed E-state index contributed by atoms with van der Waals surface area (Å²) in [5.41, 5.74) is 1.02. The van der Waals surface area contributed by atoms with E-state index in [4.69, 9.17) is 14.2 Å². The first-order chi connectivity index (χ1) is 10.6. The fourth-order valence-electron chi connectivity index (χ4n) is 1.75. The SMILES string of the molecule is CCOC(=O)/C=C(/CC(=O)OCC)Nc1ccccc1OC. The van der Waals surface area contributed by atoms with Crippen LogP contribution in [0.25, 0.3) is 0 Å². The van der Waals surface area contributed by atoms with E-state index in [1.165, 1.54) is 6.08 Å². The van der Waals surface area contributed by atoms with E-state index in [0.717, 1.165) is 0 Å². The summed E-state index contributed by atoms with van der Waals surface area (Å²) in [5.74, 6) is -0.356. The molecule has 0 aromatic heterocycles. The number of benzene rings is 1. The van der Waals surface area contributed by atoms with Crippen LogP contribution in [0, 0.1) is 0 Å². The molecule has 0 aliphatic carbocycles. The second-order valence-corrected chi connectivity index (χ2v) is 4.23. The first-order valence-electron chi connectivity index (χ1n) is 7.03. The molecule has 1 rings (SSSR count). The third kappa shape index (κ3) is 5.87. The number of anilines is 1. The molecule has 0 unspecified atom stereocenters. The maximum Gasteiger partial charge on any atom is 0.332 e. The van der Waals surface area contributed by atoms with Crippen LogP contribution in [0.2, 0.25) is 0 Å². The molecule has 0 bridgehead atoms. The van der Waals surface area contributed by atoms with Gasteiger partial charge in [0.25, 0.3) is 0 Å². The van der Waals surface area contributed by atoms with Crippen molar-refractivity contribution in [2.45, 2.75) is 20.3 Å². The van der Waals surface area contributed by atoms with Crippen molar-refractivity contribution in [3.63, 3.8) is 0 Å². The quantitative estimate of drug-likeness (QED) is 0.587. The Labute approximate surface area is 130 Å². The Balaban J connectivity index is 2.94. The molecule has 0 aliphatic rings. The first-order valence-corrected chi connectivity index (χ1v) is 7.03. The molecule has 1 aromatic rings. The second kappa shape index (κ2) is 9.44. The van der Waals surface area contributed by atoms with Crippen LogP contribution in [0.5, 0.6) is 5.75 Å². The molecule has 0 amide bonds. The minimum atomic E-state index is -0.524. The smallest absolute Gasteiger partial charge is 0.332 e. The molecule has 0 atom stereocenters. The summed E-state index contributed by atoms with van der Waals surface area (Å²) in [6.45, 7) is 3.97. The zero-order valence-electron chi connectivity index (χ0n) is 13.0. The Kier molecular flexibility index (Phi) is 7.53. The van der Waals surface area contributed by atoms with E-state index in [0.29, 0.717) is 17.1 Å². The molecular weight excluding hydrogens is 286 g/mol. The number of rotatable bonds is 8. The Morgan fingerprint density at radius 1 is 1.14 bits per heavy atom. The molecule has 6 heteroatoms. The Morgan fingerprint density at radius 2 is 1.82 bits per heavy atom. The summed E-state index contributed by atoms with van der Waals surface area (Å²) in [7, 11) is 1.54. The van der Waals surface area contributed by atoms with Gasteiger partial charge in [0, 0.05) is 11.8 Å². The number of para-hydroxylation sites is 2. The molecule has 1 aromatic carbocycles. The van der Waals surface area contributed by atoms with Gasteiger partial charge in [0.05, 0.1) is 32.4 Å². The normalized spacial score (nSPS) is 10.8. The predicted molar refractivity (Wildman–Crippen MR) is 82.6 cm³/mol. The zero-order chi connectivity index (χ0) is 16.4. The number of esters is 2. The Morgan fingerprint density at radius 3 is 2.45 bits per heavy atom. The number of hydrogen-bond donors (Lipinski definition) is 1. The summed E-state index contributed by atoms with van der Waals surface area (Å²) in [4.78, 5) is 23.3. The molecule has 0 aliphatic heterocycles. The summed E-state index contributed by atoms with van der Waals surface area (Å²) in [6.07, 6.45) is 1.18. The fourth-order valence-corrected chi connectivity index (χ4v) is 1.75. The lowest BCUT2D eigenvalue weighted by atomic mass is 10.2. The average Bonchev–Trinajstić information content (AvgIpc) is 2.48. The molecule has 0 fully saturated rings. The largest absolute Gasteiger partial charge is 0.495 e. The standard InChI is InChI=1S/C16H21NO5/c1-4-21-15(18)10-12(11-16(19)22-5-2)17-13-8-6-7-9-14(13)20-3/h6-10,17H,4-5,11H2,1-3H3/b12-10-. The van der Waals surface area contributed by atoms with Gasteiger partial charge in [0.2, 0.25) is 0 Å². The van der Waals surface area contributed by atoms with Crippen molar-refractivity contribution in [3.8, 4) is 5.75 Å². The van der Waals surface area contributed by atoms with Crippen molar-refractivity contribution >= 4 is 17.6 Å². The Bertz CT molecular complexity index is 539. The highest BCUT2D eigenvalue weighted by atomic mass is 16.5. The van der Waals surface area contributed by atoms with Crippen LogP contribution in [0.4, 0.5) is 5.69 Å². The van der Waals surface area contributed by atoms with Crippen molar-refractivity contribution in [1.82, 2.24) is 0 Å². The van der Waals surface area contributed by atoms with E-state index in [9.17, 15) is 9.59 Å². The summed E-state index contributed by atoms with van der Waals surface area (Å²) in [5, 5.41) is 3.01. The topological polar surface area (TPSA) is 73.9 Å². The molecule has 0 saturated heterocycles. The highest BCUT2D eigenvalue weighted by Crippen LogP contribution is 2.25. The number of hydrogen-bond acceptors (Lipinski definition) is 6. The molecule has 6 nitrogen and oxygen atoms in total. The van der Waals surface area contributed by atoms with Crippen LogP contribution in [-0.2, 0) is 19.1 Å². The van der Waals surface area contributed by atoms with Gasteiger partial charge in [0.1, 0.15) is 5.75 Å². The molecule has 1 N–H and O–H groups in total. The first kappa shape index (κ1) is 17.6. The van der Waals surface area contributed by atoms with Crippen molar-refractivity contribution < 1.29 is 23.8 Å². The van der Waals surface area contributed by atoms with Gasteiger partial charge in [-0.1, -0.05) is 12.1 Å². The van der Waals surface area contributed by atoms with Gasteiger partial charge in [-0.15, -0.1) is 0 Å². The molecule has 22 heavy (non-hydrogen) atoms. The van der Waals surface area contributed by atoms with E-state index in [-0.39, 0.29) is 19.6 Å². The number of carbonyl (C=O) groups is 2. The number of methoxy groups -OCH3 is 1. The van der Waals surface area contributed by atoms with Gasteiger partial charge in [-0.3, -0.25) is 4.79 Å². The van der Waals surface area contributed by atoms with Crippen molar-refractivity contribution in [3.05, 3.63) is 36.0 Å². The lowest BCUT2D eigenvalue weighted by Gasteiger charge is -2.13. The second-order valence-electron chi connectivity index (χ2n) is 4.23. The van der Waals surface area contributed by atoms with E-state index < -0.39 is 11.9 Å². The third-order valence-corrected chi connectivity index (χ3v) is 2.62. The average molecular weight is 307 g/mol. The van der Waals surface area contributed by atoms with Crippen LogP contribution in [0.15, 0.2) is 36.0 Å². The van der Waals surface area contributed by atoms with Crippen molar-refractivity contribution in [2.24, 2.45) is 0 Å². The number of ether oxygens (including phenoxy) is 3. The van der Waals surface area contributed by atoms with Gasteiger partial charge >= 0.3 is 11.9 Å². The van der Waals surface area contributed by atoms with E-state index in [2.05, 4.69) is 5.32 Å². The summed E-state index contributed by atoms with van der Waals surface area (Å²) < 4.78 is 15.0. The lowest BCUT2D eigenvalue weighted by Crippen LogP contribution is -2.13. The number of carbonyl (C=O) groups excluding carboxylic acids is 2. The highest BCUT2D eigenvalue weighted by molar-refractivity contribution is 5.86. The van der Waals surface area contributed by atoms with Crippen LogP contribution < -0.4 is 10.1 Å². The lowest BCUT2D eigenvalue weighted by molar-refractivity contribution is -0.142. The summed E-state index contributed by atoms with van der Waals surface area (Å²) in [6, 6.07) is 7.19. The number of nitrogens with one attached hydrogen (secondary N) is 1. The van der Waals surface area contributed by atoms with Gasteiger partial charge in [-0.25, -0.2) is 4.79 Å². The minimum Gasteiger partial charge on any atom is -0.495 e. The van der Waals surface area contributed by atoms with E-state index in [1.807, 2.05) is 12.1 Å². The van der Waals surface area contributed by atoms with E-state index in [1.54, 1.807) is 33.1 Å². The fraction of sp³-hybridized carbons (Fsp3) is 0.375. The predicted octanol–water partition coefficient (Wildman–Crippen LogP) is 2.51. The Hall–Kier alpha value is -2.50. The molecule has 0 spiro atoms. The monoisotopic (exact) mass is 307 g/mol. The van der Waals surface area contributed by atoms with Crippen molar-refractivity contribution in [2.75, 3.05) is 25.6 Å². The van der Waals surface area contributed by atoms with Gasteiger partial charge in [-0.2, -0.15) is 0 Å². The molecule has 120 valence electrons. The van der Waals surface area contributed by atoms with Crippen LogP contribution >= 0.6 is 0 Å². The molecular formula is C16H21NO5. The van der Waals surface area contributed by atoms with Gasteiger partial charge < -0.3 is 19.5 Å². The van der Waals surface area contributed by atoms with E-state index >= 15 is 0 Å². The zero-order valence-corrected chi connectivity index (χ0v) is 13.0. The highest BCUT2D eigenvalue weighted by Gasteiger charge is 2.12. The molecule has 0 heterocycles. The van der Waals surface area contributed by atoms with Crippen LogP contribution in [-0.4, -0.2) is 32.3 Å². The minimum absolute atomic E-state index is 0.0648. The third-order valence-electron chi connectivity index (χ3n) is 2.62. The van der Waals surface area contributed by atoms with Crippen molar-refractivity contribution in [1.29, 1.82) is 0 Å². The summed E-state index contributed by atoms with van der Waals surface area (Å²) >= 11 is 0. The maximum atomic E-state index is 11.7. The molecule has 0 radical (unpaired) electrons. The van der Waals surface area contributed by atoms with Gasteiger partial charge in [0.15, 0.2) is 0 Å². The molecule has 0 saturated carbocycles. The maximum absolute atomic E-state index is 11.7. The van der Waals surface area contributed by atoms with Gasteiger partial charge in [-0.05, 0) is 26.0 Å². The van der Waals surface area contributed by atoms with Crippen LogP contribution in [0.3, 0.4) is 0 Å².